The van der Waals surface area contributed by atoms with E-state index in [0.717, 1.165) is 30.6 Å². The molecule has 2 heterocycles. The van der Waals surface area contributed by atoms with E-state index in [0.29, 0.717) is 17.2 Å². The predicted molar refractivity (Wildman–Crippen MR) is 99.2 cm³/mol. The number of rotatable bonds is 8. The van der Waals surface area contributed by atoms with E-state index < -0.39 is 0 Å². The van der Waals surface area contributed by atoms with Crippen LogP contribution in [-0.4, -0.2) is 17.1 Å². The molecule has 0 aromatic carbocycles. The van der Waals surface area contributed by atoms with Crippen LogP contribution >= 0.6 is 11.3 Å². The Labute approximate surface area is 147 Å². The van der Waals surface area contributed by atoms with E-state index >= 15 is 0 Å². The fourth-order valence-corrected chi connectivity index (χ4v) is 3.52. The lowest BCUT2D eigenvalue weighted by atomic mass is 10.0. The molecule has 24 heavy (non-hydrogen) atoms. The molecule has 6 heteroatoms. The number of hydrogen-bond donors (Lipinski definition) is 2. The summed E-state index contributed by atoms with van der Waals surface area (Å²) in [5.74, 6) is 0.537. The first kappa shape index (κ1) is 18.5. The van der Waals surface area contributed by atoms with E-state index in [4.69, 9.17) is 10.3 Å². The molecule has 2 aromatic rings. The van der Waals surface area contributed by atoms with Crippen molar-refractivity contribution in [2.24, 2.45) is 5.92 Å². The lowest BCUT2D eigenvalue weighted by molar-refractivity contribution is 0.0939. The highest BCUT2D eigenvalue weighted by Gasteiger charge is 2.24. The highest BCUT2D eigenvalue weighted by molar-refractivity contribution is 7.15. The molecule has 0 aliphatic carbocycles. The molecule has 132 valence electrons. The van der Waals surface area contributed by atoms with Crippen LogP contribution < -0.4 is 11.1 Å². The molecule has 0 aliphatic heterocycles. The number of amides is 1. The van der Waals surface area contributed by atoms with Crippen molar-refractivity contribution in [2.45, 2.75) is 59.4 Å². The van der Waals surface area contributed by atoms with Crippen LogP contribution in [0.4, 0.5) is 5.88 Å². The third-order valence-electron chi connectivity index (χ3n) is 3.99. The summed E-state index contributed by atoms with van der Waals surface area (Å²) in [4.78, 5) is 14.8. The Hall–Kier alpha value is -1.82. The summed E-state index contributed by atoms with van der Waals surface area (Å²) in [5.41, 5.74) is 6.72. The Morgan fingerprint density at radius 2 is 2.08 bits per heavy atom. The molecular formula is C18H27N3O2S. The summed E-state index contributed by atoms with van der Waals surface area (Å²) in [6.07, 6.45) is 4.15. The van der Waals surface area contributed by atoms with E-state index in [1.54, 1.807) is 11.3 Å². The van der Waals surface area contributed by atoms with Crippen molar-refractivity contribution in [3.8, 4) is 10.6 Å². The third-order valence-corrected chi connectivity index (χ3v) is 5.22. The number of nitrogens with two attached hydrogens (primary N) is 1. The summed E-state index contributed by atoms with van der Waals surface area (Å²) in [6, 6.07) is 4.10. The van der Waals surface area contributed by atoms with Gasteiger partial charge in [-0.05, 0) is 37.8 Å². The van der Waals surface area contributed by atoms with Gasteiger partial charge in [0.25, 0.3) is 5.91 Å². The topological polar surface area (TPSA) is 81.2 Å². The normalized spacial score (nSPS) is 12.5. The van der Waals surface area contributed by atoms with Crippen LogP contribution in [0.3, 0.4) is 0 Å². The first-order valence-corrected chi connectivity index (χ1v) is 9.39. The first-order chi connectivity index (χ1) is 11.4. The van der Waals surface area contributed by atoms with E-state index in [1.807, 2.05) is 19.1 Å². The smallest absolute Gasteiger partial charge is 0.259 e. The van der Waals surface area contributed by atoms with Gasteiger partial charge >= 0.3 is 0 Å². The number of hydrogen-bond acceptors (Lipinski definition) is 5. The Kier molecular flexibility index (Phi) is 6.43. The number of aryl methyl sites for hydroxylation is 1. The van der Waals surface area contributed by atoms with Gasteiger partial charge in [-0.15, -0.1) is 11.3 Å². The quantitative estimate of drug-likeness (QED) is 0.735. The average molecular weight is 350 g/mol. The number of aromatic nitrogens is 1. The molecule has 1 amide bonds. The molecule has 2 rings (SSSR count). The van der Waals surface area contributed by atoms with Crippen molar-refractivity contribution >= 4 is 23.1 Å². The molecule has 0 aliphatic rings. The van der Waals surface area contributed by atoms with Gasteiger partial charge in [0.15, 0.2) is 0 Å². The number of carbonyl (C=O) groups is 1. The van der Waals surface area contributed by atoms with Crippen molar-refractivity contribution in [2.75, 3.05) is 5.73 Å². The number of nitrogens with one attached hydrogen (secondary N) is 1. The van der Waals surface area contributed by atoms with Gasteiger partial charge in [0.2, 0.25) is 5.88 Å². The Morgan fingerprint density at radius 1 is 1.33 bits per heavy atom. The maximum Gasteiger partial charge on any atom is 0.259 e. The highest BCUT2D eigenvalue weighted by atomic mass is 32.1. The number of thiophene rings is 1. The van der Waals surface area contributed by atoms with Crippen molar-refractivity contribution < 1.29 is 9.32 Å². The lowest BCUT2D eigenvalue weighted by Gasteiger charge is -2.14. The Balaban J connectivity index is 2.08. The van der Waals surface area contributed by atoms with E-state index in [-0.39, 0.29) is 17.8 Å². The molecule has 1 unspecified atom stereocenters. The average Bonchev–Trinajstić information content (AvgIpc) is 3.12. The fourth-order valence-electron chi connectivity index (χ4n) is 2.59. The second-order valence-corrected chi connectivity index (χ2v) is 7.76. The number of nitrogens with zero attached hydrogens (tertiary/aromatic N) is 1. The van der Waals surface area contributed by atoms with Crippen molar-refractivity contribution in [1.82, 2.24) is 10.5 Å². The summed E-state index contributed by atoms with van der Waals surface area (Å²) < 4.78 is 5.08. The van der Waals surface area contributed by atoms with Gasteiger partial charge in [-0.2, -0.15) is 0 Å². The highest BCUT2D eigenvalue weighted by Crippen LogP contribution is 2.32. The third kappa shape index (κ3) is 4.60. The minimum Gasteiger partial charge on any atom is -0.367 e. The maximum atomic E-state index is 12.6. The van der Waals surface area contributed by atoms with Gasteiger partial charge in [-0.1, -0.05) is 38.8 Å². The van der Waals surface area contributed by atoms with Crippen LogP contribution in [0.5, 0.6) is 0 Å². The lowest BCUT2D eigenvalue weighted by Crippen LogP contribution is -2.33. The number of anilines is 1. The first-order valence-electron chi connectivity index (χ1n) is 8.57. The summed E-state index contributed by atoms with van der Waals surface area (Å²) >= 11 is 1.61. The summed E-state index contributed by atoms with van der Waals surface area (Å²) in [6.45, 7) is 8.53. The van der Waals surface area contributed by atoms with Gasteiger partial charge in [0.05, 0.1) is 4.88 Å². The summed E-state index contributed by atoms with van der Waals surface area (Å²) in [7, 11) is 0. The Bertz CT molecular complexity index is 676. The minimum absolute atomic E-state index is 0.0725. The van der Waals surface area contributed by atoms with E-state index in [9.17, 15) is 4.79 Å². The molecule has 0 spiro atoms. The molecule has 2 aromatic heterocycles. The van der Waals surface area contributed by atoms with Gasteiger partial charge in [-0.25, -0.2) is 0 Å². The second kappa shape index (κ2) is 8.33. The number of carbonyl (C=O) groups excluding carboxylic acids is 1. The molecule has 0 saturated carbocycles. The zero-order chi connectivity index (χ0) is 17.7. The predicted octanol–water partition coefficient (Wildman–Crippen LogP) is 4.49. The largest absolute Gasteiger partial charge is 0.367 e. The van der Waals surface area contributed by atoms with Crippen LogP contribution in [0.1, 0.15) is 62.2 Å². The van der Waals surface area contributed by atoms with Crippen LogP contribution in [0.2, 0.25) is 0 Å². The van der Waals surface area contributed by atoms with E-state index in [1.165, 1.54) is 4.88 Å². The van der Waals surface area contributed by atoms with Gasteiger partial charge in [-0.3, -0.25) is 4.79 Å². The molecule has 0 bridgehead atoms. The Morgan fingerprint density at radius 3 is 2.71 bits per heavy atom. The zero-order valence-corrected chi connectivity index (χ0v) is 15.7. The minimum atomic E-state index is -0.216. The number of nitrogen functional groups attached to an aromatic ring is 1. The molecule has 5 nitrogen and oxygen atoms in total. The van der Waals surface area contributed by atoms with Crippen molar-refractivity contribution in [3.05, 3.63) is 22.6 Å². The summed E-state index contributed by atoms with van der Waals surface area (Å²) in [5, 5.41) is 7.01. The van der Waals surface area contributed by atoms with Crippen LogP contribution in [0.15, 0.2) is 16.7 Å². The maximum absolute atomic E-state index is 12.6. The molecular weight excluding hydrogens is 322 g/mol. The van der Waals surface area contributed by atoms with Crippen LogP contribution in [-0.2, 0) is 6.42 Å². The monoisotopic (exact) mass is 349 g/mol. The van der Waals surface area contributed by atoms with Crippen LogP contribution in [0.25, 0.3) is 10.6 Å². The van der Waals surface area contributed by atoms with Gasteiger partial charge in [0.1, 0.15) is 11.3 Å². The SMILES string of the molecule is CCc1ccc(-c2noc(N)c2C(=O)NC(C)CCCC(C)C)s1. The molecule has 0 fully saturated rings. The van der Waals surface area contributed by atoms with Crippen molar-refractivity contribution in [1.29, 1.82) is 0 Å². The molecule has 3 N–H and O–H groups in total. The van der Waals surface area contributed by atoms with Crippen molar-refractivity contribution in [3.63, 3.8) is 0 Å². The second-order valence-electron chi connectivity index (χ2n) is 6.59. The standard InChI is InChI=1S/C18H27N3O2S/c1-5-13-9-10-14(24-13)16-15(17(19)23-21-16)18(22)20-12(4)8-6-7-11(2)3/h9-12H,5-8,19H2,1-4H3,(H,20,22). The van der Waals surface area contributed by atoms with E-state index in [2.05, 4.69) is 31.2 Å². The molecule has 1 atom stereocenters. The zero-order valence-electron chi connectivity index (χ0n) is 14.9. The fraction of sp³-hybridized carbons (Fsp3) is 0.556. The molecule has 0 saturated heterocycles. The molecule has 0 radical (unpaired) electrons. The van der Waals surface area contributed by atoms with Gasteiger partial charge in [0, 0.05) is 10.9 Å². The van der Waals surface area contributed by atoms with Crippen LogP contribution in [0, 0.1) is 5.92 Å². The van der Waals surface area contributed by atoms with Gasteiger partial charge < -0.3 is 15.6 Å².